The van der Waals surface area contributed by atoms with E-state index in [2.05, 4.69) is 0 Å². The van der Waals surface area contributed by atoms with Crippen LogP contribution in [-0.2, 0) is 9.53 Å². The molecule has 0 saturated heterocycles. The second-order valence-corrected chi connectivity index (χ2v) is 5.27. The second-order valence-electron chi connectivity index (χ2n) is 5.27. The van der Waals surface area contributed by atoms with Gasteiger partial charge in [-0.3, -0.25) is 4.79 Å². The van der Waals surface area contributed by atoms with Crippen molar-refractivity contribution in [1.82, 2.24) is 0 Å². The predicted molar refractivity (Wildman–Crippen MR) is 73.4 cm³/mol. The Labute approximate surface area is 114 Å². The number of aryl methyl sites for hydroxylation is 3. The number of methoxy groups -OCH3 is 1. The molecule has 0 saturated carbocycles. The van der Waals surface area contributed by atoms with Gasteiger partial charge in [-0.05, 0) is 38.8 Å². The van der Waals surface area contributed by atoms with E-state index in [0.29, 0.717) is 5.75 Å². The molecule has 4 nitrogen and oxygen atoms in total. The van der Waals surface area contributed by atoms with Gasteiger partial charge in [-0.25, -0.2) is 0 Å². The van der Waals surface area contributed by atoms with E-state index in [9.17, 15) is 9.90 Å². The first kappa shape index (κ1) is 15.7. The molecule has 19 heavy (non-hydrogen) atoms. The highest BCUT2D eigenvalue weighted by atomic mass is 16.5. The van der Waals surface area contributed by atoms with Gasteiger partial charge in [0.15, 0.2) is 0 Å². The maximum absolute atomic E-state index is 12.2. The van der Waals surface area contributed by atoms with Crippen LogP contribution in [0.25, 0.3) is 0 Å². The third kappa shape index (κ3) is 3.55. The van der Waals surface area contributed by atoms with Crippen molar-refractivity contribution >= 4 is 5.97 Å². The van der Waals surface area contributed by atoms with E-state index in [0.717, 1.165) is 16.7 Å². The Hall–Kier alpha value is -1.39. The van der Waals surface area contributed by atoms with Crippen molar-refractivity contribution < 1.29 is 19.4 Å². The summed E-state index contributed by atoms with van der Waals surface area (Å²) < 4.78 is 10.4. The standard InChI is InChI=1S/C15H22O4/c1-10-6-11(2)13(12(3)7-10)19-14(17)15(4,8-16)9-18-5/h6-7,16H,8-9H2,1-5H3. The predicted octanol–water partition coefficient (Wildman–Crippen LogP) is 2.16. The highest BCUT2D eigenvalue weighted by molar-refractivity contribution is 5.79. The van der Waals surface area contributed by atoms with Crippen molar-refractivity contribution in [3.8, 4) is 5.75 Å². The monoisotopic (exact) mass is 266 g/mol. The van der Waals surface area contributed by atoms with Crippen LogP contribution >= 0.6 is 0 Å². The van der Waals surface area contributed by atoms with Gasteiger partial charge in [0.2, 0.25) is 0 Å². The molecule has 0 radical (unpaired) electrons. The number of aliphatic hydroxyl groups is 1. The Morgan fingerprint density at radius 1 is 1.26 bits per heavy atom. The fourth-order valence-corrected chi connectivity index (χ4v) is 2.03. The number of hydrogen-bond donors (Lipinski definition) is 1. The molecule has 0 spiro atoms. The minimum Gasteiger partial charge on any atom is -0.425 e. The van der Waals surface area contributed by atoms with Crippen LogP contribution in [-0.4, -0.2) is 31.4 Å². The van der Waals surface area contributed by atoms with E-state index < -0.39 is 11.4 Å². The minimum absolute atomic E-state index is 0.117. The van der Waals surface area contributed by atoms with Gasteiger partial charge in [0, 0.05) is 7.11 Å². The highest BCUT2D eigenvalue weighted by Gasteiger charge is 2.35. The maximum atomic E-state index is 12.2. The zero-order chi connectivity index (χ0) is 14.6. The van der Waals surface area contributed by atoms with Gasteiger partial charge in [-0.15, -0.1) is 0 Å². The van der Waals surface area contributed by atoms with Crippen molar-refractivity contribution in [2.24, 2.45) is 5.41 Å². The number of ether oxygens (including phenoxy) is 2. The Morgan fingerprint density at radius 2 is 1.79 bits per heavy atom. The summed E-state index contributed by atoms with van der Waals surface area (Å²) in [5.74, 6) is 0.0817. The summed E-state index contributed by atoms with van der Waals surface area (Å²) in [7, 11) is 1.49. The van der Waals surface area contributed by atoms with E-state index >= 15 is 0 Å². The molecule has 4 heteroatoms. The Morgan fingerprint density at radius 3 is 2.21 bits per heavy atom. The topological polar surface area (TPSA) is 55.8 Å². The summed E-state index contributed by atoms with van der Waals surface area (Å²) in [6.07, 6.45) is 0. The lowest BCUT2D eigenvalue weighted by Gasteiger charge is -2.24. The lowest BCUT2D eigenvalue weighted by molar-refractivity contribution is -0.150. The molecule has 0 aliphatic carbocycles. The molecule has 0 bridgehead atoms. The molecule has 1 aromatic carbocycles. The SMILES string of the molecule is COCC(C)(CO)C(=O)Oc1c(C)cc(C)cc1C. The molecule has 1 N–H and O–H groups in total. The third-order valence-electron chi connectivity index (χ3n) is 3.10. The molecule has 0 aromatic heterocycles. The number of hydrogen-bond acceptors (Lipinski definition) is 4. The summed E-state index contributed by atoms with van der Waals surface area (Å²) in [4.78, 5) is 12.2. The number of esters is 1. The highest BCUT2D eigenvalue weighted by Crippen LogP contribution is 2.27. The Balaban J connectivity index is 3.00. The first-order chi connectivity index (χ1) is 8.84. The molecule has 106 valence electrons. The van der Waals surface area contributed by atoms with Gasteiger partial charge >= 0.3 is 5.97 Å². The minimum atomic E-state index is -1.04. The molecular formula is C15H22O4. The zero-order valence-electron chi connectivity index (χ0n) is 12.2. The molecule has 1 rings (SSSR count). The molecule has 0 fully saturated rings. The van der Waals surface area contributed by atoms with Gasteiger partial charge in [0.25, 0.3) is 0 Å². The van der Waals surface area contributed by atoms with E-state index in [-0.39, 0.29) is 13.2 Å². The van der Waals surface area contributed by atoms with Crippen molar-refractivity contribution in [2.45, 2.75) is 27.7 Å². The summed E-state index contributed by atoms with van der Waals surface area (Å²) in [6.45, 7) is 7.21. The number of rotatable bonds is 5. The Kier molecular flexibility index (Phi) is 5.09. The normalized spacial score (nSPS) is 14.0. The fraction of sp³-hybridized carbons (Fsp3) is 0.533. The van der Waals surface area contributed by atoms with E-state index in [4.69, 9.17) is 9.47 Å². The van der Waals surface area contributed by atoms with Crippen molar-refractivity contribution in [3.63, 3.8) is 0 Å². The largest absolute Gasteiger partial charge is 0.425 e. The lowest BCUT2D eigenvalue weighted by Crippen LogP contribution is -2.39. The molecule has 0 amide bonds. The van der Waals surface area contributed by atoms with Crippen molar-refractivity contribution in [1.29, 1.82) is 0 Å². The van der Waals surface area contributed by atoms with Crippen LogP contribution in [0.2, 0.25) is 0 Å². The van der Waals surface area contributed by atoms with Crippen LogP contribution in [0.5, 0.6) is 5.75 Å². The first-order valence-electron chi connectivity index (χ1n) is 6.24. The average molecular weight is 266 g/mol. The van der Waals surface area contributed by atoms with Gasteiger partial charge in [-0.2, -0.15) is 0 Å². The number of aliphatic hydroxyl groups excluding tert-OH is 1. The van der Waals surface area contributed by atoms with Crippen LogP contribution in [0.3, 0.4) is 0 Å². The van der Waals surface area contributed by atoms with Crippen LogP contribution in [0.4, 0.5) is 0 Å². The maximum Gasteiger partial charge on any atom is 0.321 e. The zero-order valence-corrected chi connectivity index (χ0v) is 12.2. The van der Waals surface area contributed by atoms with Gasteiger partial charge in [0.1, 0.15) is 11.2 Å². The molecule has 1 atom stereocenters. The van der Waals surface area contributed by atoms with Gasteiger partial charge in [-0.1, -0.05) is 17.7 Å². The number of carbonyl (C=O) groups excluding carboxylic acids is 1. The molecule has 1 aromatic rings. The molecule has 0 aliphatic heterocycles. The van der Waals surface area contributed by atoms with Gasteiger partial charge in [0.05, 0.1) is 13.2 Å². The van der Waals surface area contributed by atoms with Crippen LogP contribution in [0, 0.1) is 26.2 Å². The quantitative estimate of drug-likeness (QED) is 0.655. The smallest absolute Gasteiger partial charge is 0.321 e. The second kappa shape index (κ2) is 6.17. The first-order valence-corrected chi connectivity index (χ1v) is 6.24. The fourth-order valence-electron chi connectivity index (χ4n) is 2.03. The summed E-state index contributed by atoms with van der Waals surface area (Å²) in [5, 5.41) is 9.37. The lowest BCUT2D eigenvalue weighted by atomic mass is 9.93. The van der Waals surface area contributed by atoms with Crippen LogP contribution < -0.4 is 4.74 Å². The summed E-state index contributed by atoms with van der Waals surface area (Å²) in [6, 6.07) is 3.92. The van der Waals surface area contributed by atoms with E-state index in [1.807, 2.05) is 32.9 Å². The van der Waals surface area contributed by atoms with E-state index in [1.165, 1.54) is 7.11 Å². The number of benzene rings is 1. The molecular weight excluding hydrogens is 244 g/mol. The molecule has 0 heterocycles. The molecule has 1 unspecified atom stereocenters. The van der Waals surface area contributed by atoms with E-state index in [1.54, 1.807) is 6.92 Å². The van der Waals surface area contributed by atoms with Crippen molar-refractivity contribution in [2.75, 3.05) is 20.3 Å². The summed E-state index contributed by atoms with van der Waals surface area (Å²) >= 11 is 0. The van der Waals surface area contributed by atoms with Crippen LogP contribution in [0.15, 0.2) is 12.1 Å². The third-order valence-corrected chi connectivity index (χ3v) is 3.10. The molecule has 0 aliphatic rings. The van der Waals surface area contributed by atoms with Crippen molar-refractivity contribution in [3.05, 3.63) is 28.8 Å². The van der Waals surface area contributed by atoms with Gasteiger partial charge < -0.3 is 14.6 Å². The average Bonchev–Trinajstić information content (AvgIpc) is 2.33. The summed E-state index contributed by atoms with van der Waals surface area (Å²) in [5.41, 5.74) is 1.89. The Bertz CT molecular complexity index is 444. The van der Waals surface area contributed by atoms with Crippen LogP contribution in [0.1, 0.15) is 23.6 Å². The number of carbonyl (C=O) groups is 1.